The van der Waals surface area contributed by atoms with E-state index in [-0.39, 0.29) is 30.9 Å². The highest BCUT2D eigenvalue weighted by Gasteiger charge is 2.18. The molecule has 0 saturated carbocycles. The number of amides is 2. The number of carbonyl (C=O) groups excluding carboxylic acids is 2. The number of carbonyl (C=O) groups is 2. The first-order valence-corrected chi connectivity index (χ1v) is 13.0. The van der Waals surface area contributed by atoms with Gasteiger partial charge in [-0.15, -0.1) is 0 Å². The molecule has 0 aliphatic carbocycles. The molecule has 2 heterocycles. The van der Waals surface area contributed by atoms with Crippen molar-refractivity contribution in [3.63, 3.8) is 0 Å². The van der Waals surface area contributed by atoms with E-state index in [1.807, 2.05) is 19.1 Å². The number of aryl methyl sites for hydroxylation is 1. The molecule has 1 saturated heterocycles. The summed E-state index contributed by atoms with van der Waals surface area (Å²) in [4.78, 5) is 52.2. The van der Waals surface area contributed by atoms with Crippen LogP contribution in [0.3, 0.4) is 0 Å². The first-order valence-electron chi connectivity index (χ1n) is 13.0. The van der Waals surface area contributed by atoms with E-state index < -0.39 is 11.2 Å². The number of aromatic nitrogens is 2. The number of hydrogen-bond acceptors (Lipinski definition) is 5. The normalized spacial score (nSPS) is 14.8. The fourth-order valence-corrected chi connectivity index (χ4v) is 4.73. The molecule has 4 aromatic rings. The van der Waals surface area contributed by atoms with Crippen molar-refractivity contribution in [1.29, 1.82) is 0 Å². The van der Waals surface area contributed by atoms with E-state index in [0.717, 1.165) is 35.1 Å². The lowest BCUT2D eigenvalue weighted by Crippen LogP contribution is -2.40. The van der Waals surface area contributed by atoms with Gasteiger partial charge in [-0.3, -0.25) is 19.0 Å². The van der Waals surface area contributed by atoms with E-state index in [1.165, 1.54) is 4.57 Å². The third-order valence-electron chi connectivity index (χ3n) is 6.80. The minimum atomic E-state index is -0.625. The summed E-state index contributed by atoms with van der Waals surface area (Å²) in [5.74, 6) is -0.510. The minimum absolute atomic E-state index is 0.0669. The number of nitrogens with one attached hydrogen (secondary N) is 2. The lowest BCUT2D eigenvalue weighted by atomic mass is 10.1. The fourth-order valence-electron chi connectivity index (χ4n) is 4.73. The van der Waals surface area contributed by atoms with Crippen molar-refractivity contribution < 1.29 is 14.3 Å². The Balaban J connectivity index is 1.39. The van der Waals surface area contributed by atoms with Gasteiger partial charge in [-0.25, -0.2) is 9.36 Å². The third-order valence-corrected chi connectivity index (χ3v) is 6.80. The van der Waals surface area contributed by atoms with Gasteiger partial charge in [0.2, 0.25) is 11.8 Å². The van der Waals surface area contributed by atoms with E-state index in [9.17, 15) is 19.2 Å². The first-order chi connectivity index (χ1) is 18.9. The van der Waals surface area contributed by atoms with Crippen LogP contribution in [0.1, 0.15) is 24.0 Å². The molecule has 0 spiro atoms. The smallest absolute Gasteiger partial charge is 0.336 e. The standard InChI is InChI=1S/C30H30N4O5/c1-20-8-12-22(13-9-20)32-28(36)19-33-26-7-3-2-6-25(26)29(37)34(30(33)38)23-14-10-21(11-15-23)17-27(35)31-18-24-5-4-16-39-24/h2-3,6-15,24H,4-5,16-19H2,1H3,(H,31,35)(H,32,36). The van der Waals surface area contributed by atoms with Crippen LogP contribution in [0.5, 0.6) is 0 Å². The number of anilines is 1. The van der Waals surface area contributed by atoms with Gasteiger partial charge in [0.05, 0.1) is 29.1 Å². The van der Waals surface area contributed by atoms with Crippen LogP contribution in [0.2, 0.25) is 0 Å². The number of ether oxygens (including phenoxy) is 1. The van der Waals surface area contributed by atoms with Gasteiger partial charge >= 0.3 is 5.69 Å². The Kier molecular flexibility index (Phi) is 7.69. The van der Waals surface area contributed by atoms with Crippen molar-refractivity contribution in [2.75, 3.05) is 18.5 Å². The number of para-hydroxylation sites is 1. The summed E-state index contributed by atoms with van der Waals surface area (Å²) in [5.41, 5.74) is 2.05. The summed E-state index contributed by atoms with van der Waals surface area (Å²) in [6.45, 7) is 2.90. The summed E-state index contributed by atoms with van der Waals surface area (Å²) in [5, 5.41) is 6.02. The second-order valence-corrected chi connectivity index (χ2v) is 9.72. The van der Waals surface area contributed by atoms with E-state index in [0.29, 0.717) is 28.8 Å². The van der Waals surface area contributed by atoms with Crippen molar-refractivity contribution in [3.05, 3.63) is 105 Å². The zero-order valence-electron chi connectivity index (χ0n) is 21.7. The monoisotopic (exact) mass is 526 g/mol. The highest BCUT2D eigenvalue weighted by Crippen LogP contribution is 2.14. The molecule has 2 amide bonds. The predicted octanol–water partition coefficient (Wildman–Crippen LogP) is 2.94. The Morgan fingerprint density at radius 1 is 0.949 bits per heavy atom. The van der Waals surface area contributed by atoms with E-state index in [4.69, 9.17) is 4.74 Å². The van der Waals surface area contributed by atoms with Crippen molar-refractivity contribution in [3.8, 4) is 5.69 Å². The molecule has 39 heavy (non-hydrogen) atoms. The van der Waals surface area contributed by atoms with Crippen LogP contribution >= 0.6 is 0 Å². The van der Waals surface area contributed by atoms with Gasteiger partial charge in [0.1, 0.15) is 6.54 Å². The van der Waals surface area contributed by atoms with Gasteiger partial charge < -0.3 is 15.4 Å². The second kappa shape index (κ2) is 11.5. The molecule has 200 valence electrons. The maximum atomic E-state index is 13.6. The Bertz CT molecular complexity index is 1610. The van der Waals surface area contributed by atoms with E-state index >= 15 is 0 Å². The van der Waals surface area contributed by atoms with Gasteiger partial charge in [-0.2, -0.15) is 0 Å². The Morgan fingerprint density at radius 3 is 2.41 bits per heavy atom. The molecule has 9 heteroatoms. The van der Waals surface area contributed by atoms with E-state index in [2.05, 4.69) is 10.6 Å². The molecule has 5 rings (SSSR count). The van der Waals surface area contributed by atoms with Crippen LogP contribution in [0.15, 0.2) is 82.4 Å². The average Bonchev–Trinajstić information content (AvgIpc) is 3.46. The van der Waals surface area contributed by atoms with Gasteiger partial charge in [-0.1, -0.05) is 42.0 Å². The summed E-state index contributed by atoms with van der Waals surface area (Å²) in [6.07, 6.45) is 2.19. The van der Waals surface area contributed by atoms with Crippen molar-refractivity contribution in [2.45, 2.75) is 38.8 Å². The second-order valence-electron chi connectivity index (χ2n) is 9.72. The van der Waals surface area contributed by atoms with Crippen LogP contribution < -0.4 is 21.9 Å². The SMILES string of the molecule is Cc1ccc(NC(=O)Cn2c(=O)n(-c3ccc(CC(=O)NCC4CCCO4)cc3)c(=O)c3ccccc32)cc1. The Morgan fingerprint density at radius 2 is 1.69 bits per heavy atom. The number of nitrogens with zero attached hydrogens (tertiary/aromatic N) is 2. The number of hydrogen-bond donors (Lipinski definition) is 2. The average molecular weight is 527 g/mol. The summed E-state index contributed by atoms with van der Waals surface area (Å²) >= 11 is 0. The zero-order chi connectivity index (χ0) is 27.4. The summed E-state index contributed by atoms with van der Waals surface area (Å²) in [6, 6.07) is 20.8. The Labute approximate surface area is 225 Å². The van der Waals surface area contributed by atoms with Crippen LogP contribution in [-0.2, 0) is 27.3 Å². The molecule has 0 radical (unpaired) electrons. The number of fused-ring (bicyclic) bond motifs is 1. The van der Waals surface area contributed by atoms with Crippen LogP contribution in [-0.4, -0.2) is 40.2 Å². The molecule has 1 aliphatic heterocycles. The first kappa shape index (κ1) is 26.1. The molecule has 1 atom stereocenters. The van der Waals surface area contributed by atoms with Crippen LogP contribution in [0, 0.1) is 6.92 Å². The molecular formula is C30H30N4O5. The lowest BCUT2D eigenvalue weighted by Gasteiger charge is -2.15. The molecule has 1 aliphatic rings. The number of rotatable bonds is 8. The lowest BCUT2D eigenvalue weighted by molar-refractivity contribution is -0.121. The third kappa shape index (κ3) is 5.99. The molecule has 1 fully saturated rings. The molecule has 1 aromatic heterocycles. The maximum Gasteiger partial charge on any atom is 0.336 e. The largest absolute Gasteiger partial charge is 0.376 e. The molecule has 1 unspecified atom stereocenters. The minimum Gasteiger partial charge on any atom is -0.376 e. The quantitative estimate of drug-likeness (QED) is 0.367. The topological polar surface area (TPSA) is 111 Å². The molecular weight excluding hydrogens is 496 g/mol. The van der Waals surface area contributed by atoms with Gasteiger partial charge in [0.15, 0.2) is 0 Å². The molecule has 9 nitrogen and oxygen atoms in total. The fraction of sp³-hybridized carbons (Fsp3) is 0.267. The van der Waals surface area contributed by atoms with Gasteiger partial charge in [0, 0.05) is 18.8 Å². The molecule has 3 aromatic carbocycles. The van der Waals surface area contributed by atoms with Crippen molar-refractivity contribution in [2.24, 2.45) is 0 Å². The summed E-state index contributed by atoms with van der Waals surface area (Å²) < 4.78 is 7.89. The zero-order valence-corrected chi connectivity index (χ0v) is 21.7. The van der Waals surface area contributed by atoms with Crippen molar-refractivity contribution in [1.82, 2.24) is 14.5 Å². The van der Waals surface area contributed by atoms with Crippen LogP contribution in [0.4, 0.5) is 5.69 Å². The van der Waals surface area contributed by atoms with Crippen LogP contribution in [0.25, 0.3) is 16.6 Å². The predicted molar refractivity (Wildman–Crippen MR) is 149 cm³/mol. The van der Waals surface area contributed by atoms with Gasteiger partial charge in [-0.05, 0) is 61.7 Å². The van der Waals surface area contributed by atoms with E-state index in [1.54, 1.807) is 60.7 Å². The van der Waals surface area contributed by atoms with Gasteiger partial charge in [0.25, 0.3) is 5.56 Å². The molecule has 2 N–H and O–H groups in total. The molecule has 0 bridgehead atoms. The Hall–Kier alpha value is -4.50. The van der Waals surface area contributed by atoms with Crippen molar-refractivity contribution >= 4 is 28.4 Å². The maximum absolute atomic E-state index is 13.6. The highest BCUT2D eigenvalue weighted by atomic mass is 16.5. The highest BCUT2D eigenvalue weighted by molar-refractivity contribution is 5.91. The number of benzene rings is 3. The summed E-state index contributed by atoms with van der Waals surface area (Å²) in [7, 11) is 0.